The molecule has 1 fully saturated rings. The molecule has 17 heavy (non-hydrogen) atoms. The van der Waals surface area contributed by atoms with E-state index in [1.54, 1.807) is 7.05 Å². The molecule has 0 amide bonds. The number of rotatable bonds is 1. The topological polar surface area (TPSA) is 39.7 Å². The molecule has 1 aliphatic rings. The molecule has 2 rings (SSSR count). The average molecular weight is 269 g/mol. The van der Waals surface area contributed by atoms with E-state index in [1.807, 2.05) is 29.3 Å². The standard InChI is InChI=1S/C11H13ClN4S/c1-13-11(17)14-10-6-7-16(15-10)9-4-2-8(12)3-5-9/h2-5H,6-7H2,1H3,(H2,13,14,15,17). The summed E-state index contributed by atoms with van der Waals surface area (Å²) in [4.78, 5) is 4.25. The Hall–Kier alpha value is -1.33. The van der Waals surface area contributed by atoms with Crippen molar-refractivity contribution in [1.82, 2.24) is 10.7 Å². The molecule has 0 spiro atoms. The number of hydrogen-bond donors (Lipinski definition) is 2. The van der Waals surface area contributed by atoms with Gasteiger partial charge in [0.1, 0.15) is 5.84 Å². The number of hydrazine groups is 1. The highest BCUT2D eigenvalue weighted by Gasteiger charge is 2.17. The summed E-state index contributed by atoms with van der Waals surface area (Å²) in [7, 11) is 1.76. The molecule has 0 radical (unpaired) electrons. The molecule has 0 aliphatic carbocycles. The smallest absolute Gasteiger partial charge is 0.194 e. The maximum absolute atomic E-state index is 5.85. The first-order valence-electron chi connectivity index (χ1n) is 5.28. The van der Waals surface area contributed by atoms with Crippen molar-refractivity contribution >= 4 is 40.5 Å². The van der Waals surface area contributed by atoms with Crippen LogP contribution in [0.2, 0.25) is 5.02 Å². The minimum atomic E-state index is 0.491. The lowest BCUT2D eigenvalue weighted by Gasteiger charge is -2.17. The van der Waals surface area contributed by atoms with Gasteiger partial charge in [-0.05, 0) is 36.5 Å². The molecule has 1 heterocycles. The summed E-state index contributed by atoms with van der Waals surface area (Å²) in [6.07, 6.45) is 0.852. The molecule has 4 nitrogen and oxygen atoms in total. The summed E-state index contributed by atoms with van der Waals surface area (Å²) < 4.78 is 0. The molecular weight excluding hydrogens is 256 g/mol. The normalized spacial score (nSPS) is 17.1. The second kappa shape index (κ2) is 5.33. The Kier molecular flexibility index (Phi) is 3.81. The summed E-state index contributed by atoms with van der Waals surface area (Å²) >= 11 is 10.8. The third kappa shape index (κ3) is 3.08. The van der Waals surface area contributed by atoms with Crippen molar-refractivity contribution < 1.29 is 0 Å². The van der Waals surface area contributed by atoms with Gasteiger partial charge in [-0.1, -0.05) is 11.6 Å². The zero-order valence-electron chi connectivity index (χ0n) is 9.40. The number of amidine groups is 1. The van der Waals surface area contributed by atoms with Gasteiger partial charge in [0.05, 0.1) is 5.69 Å². The number of nitrogens with one attached hydrogen (secondary N) is 2. The van der Waals surface area contributed by atoms with E-state index in [1.165, 1.54) is 0 Å². The number of benzene rings is 1. The van der Waals surface area contributed by atoms with Gasteiger partial charge in [-0.3, -0.25) is 10.4 Å². The van der Waals surface area contributed by atoms with Crippen LogP contribution in [0.1, 0.15) is 6.42 Å². The fourth-order valence-electron chi connectivity index (χ4n) is 1.56. The molecule has 6 heteroatoms. The van der Waals surface area contributed by atoms with Gasteiger partial charge < -0.3 is 5.32 Å². The lowest BCUT2D eigenvalue weighted by atomic mass is 10.3. The van der Waals surface area contributed by atoms with E-state index in [0.29, 0.717) is 5.11 Å². The zero-order chi connectivity index (χ0) is 12.3. The minimum Gasteiger partial charge on any atom is -0.364 e. The largest absolute Gasteiger partial charge is 0.364 e. The summed E-state index contributed by atoms with van der Waals surface area (Å²) in [5.74, 6) is 0.874. The second-order valence-electron chi connectivity index (χ2n) is 3.60. The molecule has 2 N–H and O–H groups in total. The summed E-state index contributed by atoms with van der Waals surface area (Å²) in [6.45, 7) is 0.868. The predicted octanol–water partition coefficient (Wildman–Crippen LogP) is 1.96. The Morgan fingerprint density at radius 3 is 2.82 bits per heavy atom. The monoisotopic (exact) mass is 268 g/mol. The van der Waals surface area contributed by atoms with E-state index < -0.39 is 0 Å². The van der Waals surface area contributed by atoms with Crippen LogP contribution in [-0.4, -0.2) is 24.5 Å². The Morgan fingerprint density at radius 1 is 1.47 bits per heavy atom. The van der Waals surface area contributed by atoms with Gasteiger partial charge in [-0.15, -0.1) is 0 Å². The number of nitrogens with zero attached hydrogens (tertiary/aromatic N) is 2. The third-order valence-corrected chi connectivity index (χ3v) is 2.97. The van der Waals surface area contributed by atoms with Crippen LogP contribution in [0.25, 0.3) is 0 Å². The van der Waals surface area contributed by atoms with Gasteiger partial charge >= 0.3 is 0 Å². The SMILES string of the molecule is CNC(=S)/N=C1/CCN(c2ccc(Cl)cc2)N1. The lowest BCUT2D eigenvalue weighted by molar-refractivity contribution is 0.858. The van der Waals surface area contributed by atoms with Crippen LogP contribution >= 0.6 is 23.8 Å². The molecule has 1 aromatic carbocycles. The van der Waals surface area contributed by atoms with Crippen LogP contribution in [0, 0.1) is 0 Å². The first kappa shape index (κ1) is 12.1. The molecule has 0 bridgehead atoms. The van der Waals surface area contributed by atoms with Crippen molar-refractivity contribution in [2.75, 3.05) is 18.6 Å². The molecular formula is C11H13ClN4S. The van der Waals surface area contributed by atoms with Gasteiger partial charge in [-0.25, -0.2) is 4.99 Å². The highest BCUT2D eigenvalue weighted by molar-refractivity contribution is 7.80. The van der Waals surface area contributed by atoms with Gasteiger partial charge in [0.2, 0.25) is 0 Å². The Morgan fingerprint density at radius 2 is 2.18 bits per heavy atom. The average Bonchev–Trinajstić information content (AvgIpc) is 2.78. The van der Waals surface area contributed by atoms with E-state index in [4.69, 9.17) is 23.8 Å². The van der Waals surface area contributed by atoms with Crippen molar-refractivity contribution in [3.8, 4) is 0 Å². The molecule has 1 aromatic rings. The number of aliphatic imine (C=N–C) groups is 1. The Labute approximate surface area is 111 Å². The molecule has 0 unspecified atom stereocenters. The predicted molar refractivity (Wildman–Crippen MR) is 75.6 cm³/mol. The summed E-state index contributed by atoms with van der Waals surface area (Å²) in [5.41, 5.74) is 4.27. The van der Waals surface area contributed by atoms with E-state index in [-0.39, 0.29) is 0 Å². The molecule has 0 aromatic heterocycles. The molecule has 1 aliphatic heterocycles. The van der Waals surface area contributed by atoms with Crippen LogP contribution in [-0.2, 0) is 0 Å². The fraction of sp³-hybridized carbons (Fsp3) is 0.273. The van der Waals surface area contributed by atoms with E-state index in [2.05, 4.69) is 15.7 Å². The van der Waals surface area contributed by atoms with Crippen molar-refractivity contribution in [2.45, 2.75) is 6.42 Å². The Balaban J connectivity index is 2.05. The highest BCUT2D eigenvalue weighted by atomic mass is 35.5. The van der Waals surface area contributed by atoms with Gasteiger partial charge in [0.25, 0.3) is 0 Å². The van der Waals surface area contributed by atoms with Gasteiger partial charge in [0, 0.05) is 25.0 Å². The van der Waals surface area contributed by atoms with Crippen molar-refractivity contribution in [3.63, 3.8) is 0 Å². The van der Waals surface area contributed by atoms with E-state index >= 15 is 0 Å². The van der Waals surface area contributed by atoms with Crippen molar-refractivity contribution in [2.24, 2.45) is 4.99 Å². The first-order valence-corrected chi connectivity index (χ1v) is 6.06. The number of halogens is 1. The number of thiocarbonyl (C=S) groups is 1. The number of hydrogen-bond acceptors (Lipinski definition) is 2. The van der Waals surface area contributed by atoms with Gasteiger partial charge in [-0.2, -0.15) is 0 Å². The van der Waals surface area contributed by atoms with Crippen LogP contribution in [0.4, 0.5) is 5.69 Å². The lowest BCUT2D eigenvalue weighted by Crippen LogP contribution is -2.33. The Bertz CT molecular complexity index is 443. The summed E-state index contributed by atoms with van der Waals surface area (Å²) in [6, 6.07) is 7.67. The molecule has 90 valence electrons. The van der Waals surface area contributed by atoms with Crippen LogP contribution in [0.15, 0.2) is 29.3 Å². The third-order valence-electron chi connectivity index (χ3n) is 2.42. The maximum Gasteiger partial charge on any atom is 0.194 e. The van der Waals surface area contributed by atoms with Crippen LogP contribution in [0.5, 0.6) is 0 Å². The van der Waals surface area contributed by atoms with Crippen molar-refractivity contribution in [1.29, 1.82) is 0 Å². The molecule has 0 saturated carbocycles. The zero-order valence-corrected chi connectivity index (χ0v) is 11.0. The van der Waals surface area contributed by atoms with Gasteiger partial charge in [0.15, 0.2) is 5.11 Å². The highest BCUT2D eigenvalue weighted by Crippen LogP contribution is 2.18. The van der Waals surface area contributed by atoms with Crippen LogP contribution in [0.3, 0.4) is 0 Å². The van der Waals surface area contributed by atoms with Crippen LogP contribution < -0.4 is 15.8 Å². The first-order chi connectivity index (χ1) is 8.19. The quantitative estimate of drug-likeness (QED) is 0.764. The molecule has 1 saturated heterocycles. The van der Waals surface area contributed by atoms with E-state index in [0.717, 1.165) is 29.5 Å². The maximum atomic E-state index is 5.85. The van der Waals surface area contributed by atoms with E-state index in [9.17, 15) is 0 Å². The minimum absolute atomic E-state index is 0.491. The van der Waals surface area contributed by atoms with Crippen molar-refractivity contribution in [3.05, 3.63) is 29.3 Å². The molecule has 0 atom stereocenters. The fourth-order valence-corrected chi connectivity index (χ4v) is 1.80. The second-order valence-corrected chi connectivity index (χ2v) is 4.43. The summed E-state index contributed by atoms with van der Waals surface area (Å²) in [5, 5.41) is 6.07. The number of anilines is 1.